The van der Waals surface area contributed by atoms with E-state index in [1.165, 1.54) is 11.1 Å². The van der Waals surface area contributed by atoms with Crippen molar-refractivity contribution in [3.05, 3.63) is 70.8 Å². The van der Waals surface area contributed by atoms with Gasteiger partial charge in [0.1, 0.15) is 6.67 Å². The second kappa shape index (κ2) is 6.64. The number of nitrogens with zero attached hydrogens (tertiary/aromatic N) is 2. The van der Waals surface area contributed by atoms with E-state index in [-0.39, 0.29) is 0 Å². The predicted octanol–water partition coefficient (Wildman–Crippen LogP) is 3.80. The second-order valence-electron chi connectivity index (χ2n) is 4.59. The van der Waals surface area contributed by atoms with Gasteiger partial charge in [0, 0.05) is 12.4 Å². The van der Waals surface area contributed by atoms with Crippen molar-refractivity contribution in [3.8, 4) is 0 Å². The maximum Gasteiger partial charge on any atom is 0.129 e. The Bertz CT molecular complexity index is 544. The Morgan fingerprint density at radius 3 is 1.68 bits per heavy atom. The largest absolute Gasteiger partial charge is 0.269 e. The van der Waals surface area contributed by atoms with Crippen LogP contribution < -0.4 is 0 Å². The molecule has 0 N–H and O–H groups in total. The number of hydrogen-bond donors (Lipinski definition) is 0. The topological polar surface area (TPSA) is 24.7 Å². The standard InChI is InChI=1S/C17H18N2/c1-14-5-3-7-16(9-14)11-18-13-19-12-17-8-4-6-15(2)10-17/h3-12H,13H2,1-2H3. The Morgan fingerprint density at radius 2 is 1.26 bits per heavy atom. The minimum atomic E-state index is 0.460. The molecule has 2 rings (SSSR count). The van der Waals surface area contributed by atoms with Crippen LogP contribution in [0.15, 0.2) is 58.5 Å². The predicted molar refractivity (Wildman–Crippen MR) is 82.4 cm³/mol. The Hall–Kier alpha value is -2.22. The fraction of sp³-hybridized carbons (Fsp3) is 0.176. The fourth-order valence-corrected chi connectivity index (χ4v) is 1.84. The van der Waals surface area contributed by atoms with Crippen LogP contribution in [0.4, 0.5) is 0 Å². The molecular formula is C17H18N2. The smallest absolute Gasteiger partial charge is 0.129 e. The highest BCUT2D eigenvalue weighted by molar-refractivity contribution is 5.81. The highest BCUT2D eigenvalue weighted by atomic mass is 14.9. The first-order chi connectivity index (χ1) is 9.24. The highest BCUT2D eigenvalue weighted by Gasteiger charge is 1.88. The normalized spacial score (nSPS) is 11.5. The molecule has 0 aliphatic carbocycles. The van der Waals surface area contributed by atoms with Gasteiger partial charge in [0.15, 0.2) is 0 Å². The third-order valence-corrected chi connectivity index (χ3v) is 2.73. The summed E-state index contributed by atoms with van der Waals surface area (Å²) >= 11 is 0. The first kappa shape index (κ1) is 13.2. The van der Waals surface area contributed by atoms with Crippen molar-refractivity contribution in [2.75, 3.05) is 6.67 Å². The first-order valence-electron chi connectivity index (χ1n) is 6.37. The summed E-state index contributed by atoms with van der Waals surface area (Å²) in [7, 11) is 0. The molecule has 0 aliphatic heterocycles. The molecule has 2 heteroatoms. The zero-order valence-corrected chi connectivity index (χ0v) is 11.4. The number of rotatable bonds is 4. The maximum atomic E-state index is 4.30. The van der Waals surface area contributed by atoms with Gasteiger partial charge >= 0.3 is 0 Å². The van der Waals surface area contributed by atoms with Gasteiger partial charge in [0.2, 0.25) is 0 Å². The highest BCUT2D eigenvalue weighted by Crippen LogP contribution is 2.02. The Labute approximate surface area is 114 Å². The van der Waals surface area contributed by atoms with Gasteiger partial charge in [0.05, 0.1) is 0 Å². The molecule has 0 unspecified atom stereocenters. The lowest BCUT2D eigenvalue weighted by Crippen LogP contribution is -1.86. The van der Waals surface area contributed by atoms with Crippen LogP contribution in [-0.2, 0) is 0 Å². The molecule has 0 amide bonds. The van der Waals surface area contributed by atoms with Gasteiger partial charge in [-0.25, -0.2) is 0 Å². The van der Waals surface area contributed by atoms with E-state index < -0.39 is 0 Å². The van der Waals surface area contributed by atoms with Gasteiger partial charge in [-0.3, -0.25) is 9.98 Å². The van der Waals surface area contributed by atoms with Crippen molar-refractivity contribution < 1.29 is 0 Å². The summed E-state index contributed by atoms with van der Waals surface area (Å²) < 4.78 is 0. The van der Waals surface area contributed by atoms with Gasteiger partial charge in [0.25, 0.3) is 0 Å². The first-order valence-corrected chi connectivity index (χ1v) is 6.37. The van der Waals surface area contributed by atoms with Gasteiger partial charge in [-0.15, -0.1) is 0 Å². The lowest BCUT2D eigenvalue weighted by atomic mass is 10.1. The summed E-state index contributed by atoms with van der Waals surface area (Å²) in [6, 6.07) is 16.5. The fourth-order valence-electron chi connectivity index (χ4n) is 1.84. The lowest BCUT2D eigenvalue weighted by Gasteiger charge is -1.95. The van der Waals surface area contributed by atoms with Crippen molar-refractivity contribution in [1.82, 2.24) is 0 Å². The third-order valence-electron chi connectivity index (χ3n) is 2.73. The van der Waals surface area contributed by atoms with Gasteiger partial charge in [-0.05, 0) is 25.0 Å². The van der Waals surface area contributed by atoms with E-state index in [4.69, 9.17) is 0 Å². The molecule has 2 aromatic carbocycles. The summed E-state index contributed by atoms with van der Waals surface area (Å²) in [6.07, 6.45) is 3.72. The summed E-state index contributed by atoms with van der Waals surface area (Å²) in [5.74, 6) is 0. The van der Waals surface area contributed by atoms with E-state index in [0.29, 0.717) is 6.67 Å². The molecular weight excluding hydrogens is 232 g/mol. The maximum absolute atomic E-state index is 4.30. The summed E-state index contributed by atoms with van der Waals surface area (Å²) in [5, 5.41) is 0. The molecule has 0 radical (unpaired) electrons. The van der Waals surface area contributed by atoms with Crippen LogP contribution >= 0.6 is 0 Å². The number of benzene rings is 2. The van der Waals surface area contributed by atoms with Gasteiger partial charge < -0.3 is 0 Å². The molecule has 0 saturated carbocycles. The van der Waals surface area contributed by atoms with Crippen molar-refractivity contribution >= 4 is 12.4 Å². The molecule has 2 nitrogen and oxygen atoms in total. The van der Waals surface area contributed by atoms with Crippen molar-refractivity contribution in [2.24, 2.45) is 9.98 Å². The third kappa shape index (κ3) is 4.51. The number of aryl methyl sites for hydroxylation is 2. The van der Waals surface area contributed by atoms with Crippen molar-refractivity contribution in [2.45, 2.75) is 13.8 Å². The summed E-state index contributed by atoms with van der Waals surface area (Å²) in [5.41, 5.74) is 4.72. The molecule has 0 aliphatic rings. The number of hydrogen-bond acceptors (Lipinski definition) is 2. The van der Waals surface area contributed by atoms with Crippen LogP contribution in [0.3, 0.4) is 0 Å². The molecule has 0 saturated heterocycles. The molecule has 0 fully saturated rings. The molecule has 0 heterocycles. The second-order valence-corrected chi connectivity index (χ2v) is 4.59. The monoisotopic (exact) mass is 250 g/mol. The summed E-state index contributed by atoms with van der Waals surface area (Å²) in [4.78, 5) is 8.59. The Morgan fingerprint density at radius 1 is 0.789 bits per heavy atom. The Balaban J connectivity index is 1.90. The van der Waals surface area contributed by atoms with Crippen LogP contribution in [0.25, 0.3) is 0 Å². The quantitative estimate of drug-likeness (QED) is 0.737. The minimum absolute atomic E-state index is 0.460. The van der Waals surface area contributed by atoms with Gasteiger partial charge in [-0.1, -0.05) is 59.7 Å². The van der Waals surface area contributed by atoms with E-state index in [1.807, 2.05) is 36.7 Å². The van der Waals surface area contributed by atoms with E-state index in [2.05, 4.69) is 48.1 Å². The lowest BCUT2D eigenvalue weighted by molar-refractivity contribution is 1.08. The van der Waals surface area contributed by atoms with Crippen LogP contribution in [0, 0.1) is 13.8 Å². The van der Waals surface area contributed by atoms with E-state index in [0.717, 1.165) is 11.1 Å². The molecule has 96 valence electrons. The van der Waals surface area contributed by atoms with Crippen LogP contribution in [-0.4, -0.2) is 19.1 Å². The van der Waals surface area contributed by atoms with E-state index in [1.54, 1.807) is 0 Å². The van der Waals surface area contributed by atoms with Crippen molar-refractivity contribution in [3.63, 3.8) is 0 Å². The van der Waals surface area contributed by atoms with Crippen molar-refractivity contribution in [1.29, 1.82) is 0 Å². The molecule has 0 spiro atoms. The molecule has 2 aromatic rings. The zero-order chi connectivity index (χ0) is 13.5. The molecule has 0 atom stereocenters. The SMILES string of the molecule is Cc1cccc(C=NCN=Cc2cccc(C)c2)c1. The van der Waals surface area contributed by atoms with E-state index >= 15 is 0 Å². The average molecular weight is 250 g/mol. The van der Waals surface area contributed by atoms with Crippen LogP contribution in [0.1, 0.15) is 22.3 Å². The summed E-state index contributed by atoms with van der Waals surface area (Å²) in [6.45, 7) is 4.61. The number of aliphatic imine (C=N–C) groups is 2. The Kier molecular flexibility index (Phi) is 4.62. The molecule has 0 aromatic heterocycles. The molecule has 0 bridgehead atoms. The average Bonchev–Trinajstić information content (AvgIpc) is 2.38. The van der Waals surface area contributed by atoms with E-state index in [9.17, 15) is 0 Å². The minimum Gasteiger partial charge on any atom is -0.269 e. The zero-order valence-electron chi connectivity index (χ0n) is 11.4. The van der Waals surface area contributed by atoms with Gasteiger partial charge in [-0.2, -0.15) is 0 Å². The molecule has 19 heavy (non-hydrogen) atoms. The van der Waals surface area contributed by atoms with Crippen LogP contribution in [0.5, 0.6) is 0 Å². The van der Waals surface area contributed by atoms with Crippen LogP contribution in [0.2, 0.25) is 0 Å².